The summed E-state index contributed by atoms with van der Waals surface area (Å²) in [5, 5.41) is 3.12. The normalized spacial score (nSPS) is 11.9. The van der Waals surface area contributed by atoms with Gasteiger partial charge in [-0.3, -0.25) is 13.9 Å². The van der Waals surface area contributed by atoms with Gasteiger partial charge in [0, 0.05) is 13.1 Å². The highest BCUT2D eigenvalue weighted by Crippen LogP contribution is 2.32. The molecule has 1 atom stereocenters. The van der Waals surface area contributed by atoms with Gasteiger partial charge in [-0.05, 0) is 48.7 Å². The zero-order chi connectivity index (χ0) is 29.1. The Hall–Kier alpha value is -3.56. The summed E-state index contributed by atoms with van der Waals surface area (Å²) >= 11 is 6.36. The van der Waals surface area contributed by atoms with Crippen molar-refractivity contribution in [1.82, 2.24) is 10.2 Å². The van der Waals surface area contributed by atoms with E-state index in [-0.39, 0.29) is 28.1 Å². The Morgan fingerprint density at radius 3 is 2.20 bits per heavy atom. The lowest BCUT2D eigenvalue weighted by atomic mass is 10.1. The fourth-order valence-electron chi connectivity index (χ4n) is 4.26. The highest BCUT2D eigenvalue weighted by molar-refractivity contribution is 7.92. The van der Waals surface area contributed by atoms with Crippen molar-refractivity contribution in [3.05, 3.63) is 89.4 Å². The van der Waals surface area contributed by atoms with Crippen LogP contribution in [0.3, 0.4) is 0 Å². The fourth-order valence-corrected chi connectivity index (χ4v) is 5.94. The maximum Gasteiger partial charge on any atom is 0.264 e. The van der Waals surface area contributed by atoms with E-state index in [1.807, 2.05) is 44.2 Å². The van der Waals surface area contributed by atoms with E-state index in [0.29, 0.717) is 18.7 Å². The summed E-state index contributed by atoms with van der Waals surface area (Å²) < 4.78 is 34.0. The maximum atomic E-state index is 14.0. The van der Waals surface area contributed by atoms with E-state index in [1.165, 1.54) is 36.3 Å². The van der Waals surface area contributed by atoms with E-state index in [4.69, 9.17) is 16.3 Å². The summed E-state index contributed by atoms with van der Waals surface area (Å²) in [6.07, 6.45) is 2.09. The molecule has 3 aromatic rings. The molecule has 0 aromatic heterocycles. The minimum atomic E-state index is -4.18. The van der Waals surface area contributed by atoms with E-state index in [0.717, 1.165) is 22.7 Å². The monoisotopic (exact) mass is 585 g/mol. The number of amides is 2. The summed E-state index contributed by atoms with van der Waals surface area (Å²) in [5.41, 5.74) is 1.02. The lowest BCUT2D eigenvalue weighted by Crippen LogP contribution is -2.52. The van der Waals surface area contributed by atoms with Crippen LogP contribution in [0.1, 0.15) is 38.7 Å². The molecule has 0 aliphatic carbocycles. The minimum absolute atomic E-state index is 0.0219. The van der Waals surface area contributed by atoms with Gasteiger partial charge in [0.2, 0.25) is 11.8 Å². The third-order valence-corrected chi connectivity index (χ3v) is 8.53. The summed E-state index contributed by atoms with van der Waals surface area (Å²) in [5.74, 6) is -0.424. The number of unbranched alkanes of at least 4 members (excludes halogenated alkanes) is 1. The lowest BCUT2D eigenvalue weighted by Gasteiger charge is -2.33. The molecule has 10 heteroatoms. The van der Waals surface area contributed by atoms with E-state index in [2.05, 4.69) is 5.32 Å². The molecule has 0 spiro atoms. The number of benzene rings is 3. The number of hydrogen-bond donors (Lipinski definition) is 1. The largest absolute Gasteiger partial charge is 0.495 e. The van der Waals surface area contributed by atoms with E-state index in [9.17, 15) is 18.0 Å². The smallest absolute Gasteiger partial charge is 0.264 e. The number of hydrogen-bond acceptors (Lipinski definition) is 5. The first-order valence-electron chi connectivity index (χ1n) is 13.2. The standard InChI is InChI=1S/C30H36ClN3O5S/c1-4-6-19-32-30(36)27(5-2)33(21-23-13-9-7-10-14-23)29(35)22-34(24-17-18-28(39-3)26(31)20-24)40(37,38)25-15-11-8-12-16-25/h7-18,20,27H,4-6,19,21-22H2,1-3H3,(H,32,36)/t27-/m0/s1. The van der Waals surface area contributed by atoms with Gasteiger partial charge in [-0.25, -0.2) is 8.42 Å². The van der Waals surface area contributed by atoms with Crippen molar-refractivity contribution in [3.8, 4) is 5.75 Å². The van der Waals surface area contributed by atoms with Crippen LogP contribution in [0.4, 0.5) is 5.69 Å². The second kappa shape index (κ2) is 14.7. The molecule has 8 nitrogen and oxygen atoms in total. The van der Waals surface area contributed by atoms with Gasteiger partial charge in [-0.15, -0.1) is 0 Å². The maximum absolute atomic E-state index is 14.0. The molecule has 0 fully saturated rings. The molecule has 3 rings (SSSR count). The molecular formula is C30H36ClN3O5S. The number of sulfonamides is 1. The molecule has 0 saturated heterocycles. The topological polar surface area (TPSA) is 96.0 Å². The van der Waals surface area contributed by atoms with Gasteiger partial charge in [-0.2, -0.15) is 0 Å². The van der Waals surface area contributed by atoms with Gasteiger partial charge >= 0.3 is 0 Å². The van der Waals surface area contributed by atoms with E-state index in [1.54, 1.807) is 24.3 Å². The molecule has 0 saturated carbocycles. The quantitative estimate of drug-likeness (QED) is 0.260. The highest BCUT2D eigenvalue weighted by Gasteiger charge is 2.33. The Kier molecular flexibility index (Phi) is 11.4. The number of rotatable bonds is 14. The predicted octanol–water partition coefficient (Wildman–Crippen LogP) is 5.27. The van der Waals surface area contributed by atoms with Gasteiger partial charge in [-0.1, -0.05) is 80.4 Å². The fraction of sp³-hybridized carbons (Fsp3) is 0.333. The number of carbonyl (C=O) groups is 2. The average molecular weight is 586 g/mol. The number of methoxy groups -OCH3 is 1. The lowest BCUT2D eigenvalue weighted by molar-refractivity contribution is -0.140. The van der Waals surface area contributed by atoms with Crippen LogP contribution in [-0.2, 0) is 26.2 Å². The van der Waals surface area contributed by atoms with E-state index < -0.39 is 28.5 Å². The first kappa shape index (κ1) is 31.0. The molecule has 3 aromatic carbocycles. The Labute approximate surface area is 241 Å². The second-order valence-electron chi connectivity index (χ2n) is 9.22. The molecule has 1 N–H and O–H groups in total. The van der Waals surface area contributed by atoms with Crippen LogP contribution in [0.15, 0.2) is 83.8 Å². The van der Waals surface area contributed by atoms with Gasteiger partial charge < -0.3 is 15.0 Å². The van der Waals surface area contributed by atoms with Crippen LogP contribution < -0.4 is 14.4 Å². The van der Waals surface area contributed by atoms with Crippen LogP contribution in [-0.4, -0.2) is 51.4 Å². The number of nitrogens with one attached hydrogen (secondary N) is 1. The molecule has 214 valence electrons. The molecule has 0 bridgehead atoms. The van der Waals surface area contributed by atoms with Crippen molar-refractivity contribution in [1.29, 1.82) is 0 Å². The van der Waals surface area contributed by atoms with Crippen molar-refractivity contribution in [2.24, 2.45) is 0 Å². The van der Waals surface area contributed by atoms with Crippen molar-refractivity contribution in [2.45, 2.75) is 50.6 Å². The SMILES string of the molecule is CCCCNC(=O)[C@H](CC)N(Cc1ccccc1)C(=O)CN(c1ccc(OC)c(Cl)c1)S(=O)(=O)c1ccccc1. The molecule has 0 aliphatic heterocycles. The van der Waals surface area contributed by atoms with Crippen molar-refractivity contribution >= 4 is 39.1 Å². The minimum Gasteiger partial charge on any atom is -0.495 e. The highest BCUT2D eigenvalue weighted by atomic mass is 35.5. The summed E-state index contributed by atoms with van der Waals surface area (Å²) in [6.45, 7) is 3.96. The van der Waals surface area contributed by atoms with Crippen molar-refractivity contribution in [3.63, 3.8) is 0 Å². The zero-order valence-corrected chi connectivity index (χ0v) is 24.6. The Bertz CT molecular complexity index is 1370. The van der Waals surface area contributed by atoms with Crippen molar-refractivity contribution in [2.75, 3.05) is 24.5 Å². The van der Waals surface area contributed by atoms with Crippen LogP contribution in [0.5, 0.6) is 5.75 Å². The molecule has 0 unspecified atom stereocenters. The Morgan fingerprint density at radius 1 is 0.975 bits per heavy atom. The van der Waals surface area contributed by atoms with Crippen LogP contribution >= 0.6 is 11.6 Å². The number of ether oxygens (including phenoxy) is 1. The number of anilines is 1. The molecule has 0 aliphatic rings. The Balaban J connectivity index is 2.04. The van der Waals surface area contributed by atoms with Gasteiger partial charge in [0.25, 0.3) is 10.0 Å². The Morgan fingerprint density at radius 2 is 1.62 bits per heavy atom. The van der Waals surface area contributed by atoms with Gasteiger partial charge in [0.1, 0.15) is 18.3 Å². The summed E-state index contributed by atoms with van der Waals surface area (Å²) in [4.78, 5) is 28.7. The van der Waals surface area contributed by atoms with Crippen LogP contribution in [0.2, 0.25) is 5.02 Å². The van der Waals surface area contributed by atoms with Crippen LogP contribution in [0, 0.1) is 0 Å². The average Bonchev–Trinajstić information content (AvgIpc) is 2.96. The van der Waals surface area contributed by atoms with Gasteiger partial charge in [0.05, 0.1) is 22.7 Å². The molecule has 0 heterocycles. The second-order valence-corrected chi connectivity index (χ2v) is 11.5. The van der Waals surface area contributed by atoms with E-state index >= 15 is 0 Å². The first-order chi connectivity index (χ1) is 19.2. The summed E-state index contributed by atoms with van der Waals surface area (Å²) in [6, 6.07) is 20.9. The van der Waals surface area contributed by atoms with Crippen molar-refractivity contribution < 1.29 is 22.7 Å². The zero-order valence-electron chi connectivity index (χ0n) is 23.0. The third-order valence-electron chi connectivity index (χ3n) is 6.44. The number of halogens is 1. The summed E-state index contributed by atoms with van der Waals surface area (Å²) in [7, 11) is -2.72. The number of carbonyl (C=O) groups excluding carboxylic acids is 2. The third kappa shape index (κ3) is 7.76. The first-order valence-corrected chi connectivity index (χ1v) is 15.1. The van der Waals surface area contributed by atoms with Gasteiger partial charge in [0.15, 0.2) is 0 Å². The number of nitrogens with zero attached hydrogens (tertiary/aromatic N) is 2. The predicted molar refractivity (Wildman–Crippen MR) is 158 cm³/mol. The molecule has 40 heavy (non-hydrogen) atoms. The molecular weight excluding hydrogens is 550 g/mol. The van der Waals surface area contributed by atoms with Crippen LogP contribution in [0.25, 0.3) is 0 Å². The molecule has 0 radical (unpaired) electrons. The molecule has 2 amide bonds.